The molecule has 1 amide bonds. The summed E-state index contributed by atoms with van der Waals surface area (Å²) in [5.74, 6) is 6.43. The minimum absolute atomic E-state index is 0.0571. The molecule has 4 rings (SSSR count). The van der Waals surface area contributed by atoms with Gasteiger partial charge in [0.2, 0.25) is 0 Å². The summed E-state index contributed by atoms with van der Waals surface area (Å²) < 4.78 is 19.1. The van der Waals surface area contributed by atoms with E-state index in [-0.39, 0.29) is 23.9 Å². The van der Waals surface area contributed by atoms with E-state index in [0.717, 1.165) is 18.4 Å². The molecule has 8 heteroatoms. The Hall–Kier alpha value is -3.70. The molecule has 0 unspecified atom stereocenters. The summed E-state index contributed by atoms with van der Waals surface area (Å²) in [5.41, 5.74) is 2.89. The molecule has 7 nitrogen and oxygen atoms in total. The second-order valence-corrected chi connectivity index (χ2v) is 8.48. The van der Waals surface area contributed by atoms with Crippen molar-refractivity contribution >= 4 is 11.7 Å². The number of carbonyl (C=O) groups is 1. The molecule has 0 spiro atoms. The number of halogens is 1. The van der Waals surface area contributed by atoms with Crippen molar-refractivity contribution < 1.29 is 13.9 Å². The van der Waals surface area contributed by atoms with Gasteiger partial charge in [0.05, 0.1) is 29.5 Å². The summed E-state index contributed by atoms with van der Waals surface area (Å²) in [6.45, 7) is 5.96. The zero-order valence-electron chi connectivity index (χ0n) is 19.3. The first kappa shape index (κ1) is 23.5. The quantitative estimate of drug-likeness (QED) is 0.435. The summed E-state index contributed by atoms with van der Waals surface area (Å²) in [6, 6.07) is 7.79. The normalized spacial score (nSPS) is 17.7. The summed E-state index contributed by atoms with van der Waals surface area (Å²) in [7, 11) is 0. The first-order valence-corrected chi connectivity index (χ1v) is 11.4. The molecule has 1 fully saturated rings. The van der Waals surface area contributed by atoms with E-state index in [1.54, 1.807) is 30.6 Å². The zero-order valence-corrected chi connectivity index (χ0v) is 19.3. The van der Waals surface area contributed by atoms with Gasteiger partial charge in [0, 0.05) is 37.6 Å². The lowest BCUT2D eigenvalue weighted by Crippen LogP contribution is -2.46. The molecule has 2 N–H and O–H groups in total. The van der Waals surface area contributed by atoms with E-state index in [9.17, 15) is 9.18 Å². The number of aromatic amines is 1. The molecule has 1 aliphatic heterocycles. The van der Waals surface area contributed by atoms with Gasteiger partial charge in [-0.2, -0.15) is 5.10 Å². The van der Waals surface area contributed by atoms with Gasteiger partial charge >= 0.3 is 0 Å². The summed E-state index contributed by atoms with van der Waals surface area (Å²) in [4.78, 5) is 19.5. The number of nitrogens with zero attached hydrogens (tertiary/aromatic N) is 3. The highest BCUT2D eigenvalue weighted by Crippen LogP contribution is 2.23. The molecule has 176 valence electrons. The van der Waals surface area contributed by atoms with E-state index in [1.807, 2.05) is 20.0 Å². The Balaban J connectivity index is 1.53. The lowest BCUT2D eigenvalue weighted by atomic mass is 10.1. The monoisotopic (exact) mass is 461 g/mol. The van der Waals surface area contributed by atoms with Crippen molar-refractivity contribution in [2.24, 2.45) is 0 Å². The van der Waals surface area contributed by atoms with Gasteiger partial charge in [-0.05, 0) is 62.6 Å². The lowest BCUT2D eigenvalue weighted by molar-refractivity contribution is -0.00547. The van der Waals surface area contributed by atoms with E-state index >= 15 is 0 Å². The number of benzene rings is 1. The Morgan fingerprint density at radius 3 is 2.68 bits per heavy atom. The molecule has 2 atom stereocenters. The first-order chi connectivity index (χ1) is 16.5. The maximum absolute atomic E-state index is 13.3. The van der Waals surface area contributed by atoms with E-state index in [4.69, 9.17) is 4.74 Å². The Labute approximate surface area is 198 Å². The van der Waals surface area contributed by atoms with Gasteiger partial charge in [0.25, 0.3) is 5.91 Å². The molecule has 0 bridgehead atoms. The predicted octanol–water partition coefficient (Wildman–Crippen LogP) is 3.32. The van der Waals surface area contributed by atoms with Crippen molar-refractivity contribution in [1.82, 2.24) is 20.5 Å². The van der Waals surface area contributed by atoms with Crippen LogP contribution in [0.3, 0.4) is 0 Å². The number of anilines is 1. The van der Waals surface area contributed by atoms with Crippen LogP contribution in [-0.2, 0) is 11.2 Å². The van der Waals surface area contributed by atoms with Crippen molar-refractivity contribution in [2.45, 2.75) is 38.9 Å². The van der Waals surface area contributed by atoms with Crippen molar-refractivity contribution in [2.75, 3.05) is 24.5 Å². The van der Waals surface area contributed by atoms with Crippen LogP contribution in [0.5, 0.6) is 0 Å². The second-order valence-electron chi connectivity index (χ2n) is 8.48. The maximum atomic E-state index is 13.3. The minimum atomic E-state index is -0.310. The number of aromatic nitrogens is 3. The molecule has 3 aromatic rings. The first-order valence-electron chi connectivity index (χ1n) is 11.4. The smallest absolute Gasteiger partial charge is 0.252 e. The number of rotatable bonds is 6. The van der Waals surface area contributed by atoms with Gasteiger partial charge in [-0.25, -0.2) is 9.37 Å². The highest BCUT2D eigenvalue weighted by atomic mass is 19.1. The second kappa shape index (κ2) is 10.9. The van der Waals surface area contributed by atoms with Gasteiger partial charge in [0.1, 0.15) is 11.6 Å². The number of morpholine rings is 1. The largest absolute Gasteiger partial charge is 0.372 e. The average molecular weight is 462 g/mol. The Morgan fingerprint density at radius 1 is 1.21 bits per heavy atom. The molecule has 1 aromatic carbocycles. The fourth-order valence-electron chi connectivity index (χ4n) is 3.96. The third-order valence-corrected chi connectivity index (χ3v) is 5.52. The number of ether oxygens (including phenoxy) is 1. The van der Waals surface area contributed by atoms with Crippen LogP contribution < -0.4 is 10.2 Å². The topological polar surface area (TPSA) is 83.1 Å². The van der Waals surface area contributed by atoms with E-state index < -0.39 is 0 Å². The molecule has 34 heavy (non-hydrogen) atoms. The highest BCUT2D eigenvalue weighted by molar-refractivity contribution is 5.94. The maximum Gasteiger partial charge on any atom is 0.252 e. The molecular formula is C26H28FN5O2. The Kier molecular flexibility index (Phi) is 7.55. The predicted molar refractivity (Wildman–Crippen MR) is 128 cm³/mol. The van der Waals surface area contributed by atoms with Gasteiger partial charge in [0.15, 0.2) is 0 Å². The number of amides is 1. The number of hydrogen-bond acceptors (Lipinski definition) is 5. The number of nitrogens with one attached hydrogen (secondary N) is 2. The standard InChI is InChI=1S/C26H28FN5O2/c1-18-16-32(17-19(2)34-18)25-22(8-5-20-6-9-24(27)10-7-20)12-23(15-29-25)26(33)28-11-3-4-21-13-30-31-14-21/h6-7,9-10,12-15,18-19H,3-4,11,16-17H2,1-2H3,(H,28,33)(H,30,31)/t18-,19+. The van der Waals surface area contributed by atoms with Crippen LogP contribution in [0, 0.1) is 17.7 Å². The minimum Gasteiger partial charge on any atom is -0.372 e. The van der Waals surface area contributed by atoms with E-state index in [1.165, 1.54) is 12.1 Å². The third kappa shape index (κ3) is 6.21. The zero-order chi connectivity index (χ0) is 23.9. The van der Waals surface area contributed by atoms with Crippen molar-refractivity contribution in [3.63, 3.8) is 0 Å². The SMILES string of the molecule is C[C@@H]1CN(c2ncc(C(=O)NCCCc3cn[nH]c3)cc2C#Cc2ccc(F)cc2)C[C@H](C)O1. The van der Waals surface area contributed by atoms with E-state index in [0.29, 0.717) is 42.1 Å². The number of carbonyl (C=O) groups excluding carboxylic acids is 1. The molecule has 2 aromatic heterocycles. The lowest BCUT2D eigenvalue weighted by Gasteiger charge is -2.36. The van der Waals surface area contributed by atoms with Crippen LogP contribution in [0.1, 0.15) is 47.3 Å². The van der Waals surface area contributed by atoms with Gasteiger partial charge < -0.3 is 15.0 Å². The fraction of sp³-hybridized carbons (Fsp3) is 0.346. The van der Waals surface area contributed by atoms with Crippen molar-refractivity contribution in [3.8, 4) is 11.8 Å². The average Bonchev–Trinajstić information content (AvgIpc) is 3.34. The summed E-state index contributed by atoms with van der Waals surface area (Å²) >= 11 is 0. The van der Waals surface area contributed by atoms with E-state index in [2.05, 4.69) is 37.2 Å². The van der Waals surface area contributed by atoms with Crippen LogP contribution in [0.25, 0.3) is 0 Å². The van der Waals surface area contributed by atoms with Crippen LogP contribution >= 0.6 is 0 Å². The Morgan fingerprint density at radius 2 is 1.97 bits per heavy atom. The molecule has 3 heterocycles. The summed E-state index contributed by atoms with van der Waals surface area (Å²) in [5, 5.41) is 9.66. The van der Waals surface area contributed by atoms with Gasteiger partial charge in [-0.1, -0.05) is 11.8 Å². The Bertz CT molecular complexity index is 1160. The number of hydrogen-bond donors (Lipinski definition) is 2. The molecule has 1 saturated heterocycles. The molecule has 0 radical (unpaired) electrons. The van der Waals surface area contributed by atoms with Crippen LogP contribution in [0.4, 0.5) is 10.2 Å². The van der Waals surface area contributed by atoms with Crippen molar-refractivity contribution in [1.29, 1.82) is 0 Å². The molecular weight excluding hydrogens is 433 g/mol. The van der Waals surface area contributed by atoms with Crippen LogP contribution in [0.2, 0.25) is 0 Å². The van der Waals surface area contributed by atoms with Crippen molar-refractivity contribution in [3.05, 3.63) is 77.0 Å². The molecule has 0 saturated carbocycles. The third-order valence-electron chi connectivity index (χ3n) is 5.52. The van der Waals surface area contributed by atoms with Gasteiger partial charge in [-0.15, -0.1) is 0 Å². The molecule has 0 aliphatic carbocycles. The van der Waals surface area contributed by atoms with Crippen LogP contribution in [0.15, 0.2) is 48.9 Å². The fourth-order valence-corrected chi connectivity index (χ4v) is 3.96. The number of H-pyrrole nitrogens is 1. The highest BCUT2D eigenvalue weighted by Gasteiger charge is 2.25. The summed E-state index contributed by atoms with van der Waals surface area (Å²) in [6.07, 6.45) is 6.97. The van der Waals surface area contributed by atoms with Crippen LogP contribution in [-0.4, -0.2) is 52.9 Å². The molecule has 1 aliphatic rings. The van der Waals surface area contributed by atoms with Gasteiger partial charge in [-0.3, -0.25) is 9.89 Å². The number of aryl methyl sites for hydroxylation is 1. The number of pyridine rings is 1.